The van der Waals surface area contributed by atoms with Gasteiger partial charge in [-0.25, -0.2) is 5.21 Å². The second-order valence-corrected chi connectivity index (χ2v) is 6.45. The summed E-state index contributed by atoms with van der Waals surface area (Å²) >= 11 is 0. The minimum Gasteiger partial charge on any atom is -0.456 e. The molecule has 30 heavy (non-hydrogen) atoms. The molecule has 9 heteroatoms. The molecule has 3 N–H and O–H groups in total. The summed E-state index contributed by atoms with van der Waals surface area (Å²) in [6.07, 6.45) is 0. The van der Waals surface area contributed by atoms with Crippen molar-refractivity contribution in [3.05, 3.63) is 71.1 Å². The van der Waals surface area contributed by atoms with Gasteiger partial charge in [-0.15, -0.1) is 0 Å². The van der Waals surface area contributed by atoms with Crippen LogP contribution in [0.25, 0.3) is 0 Å². The minimum absolute atomic E-state index is 0.00924. The fourth-order valence-corrected chi connectivity index (χ4v) is 2.97. The zero-order valence-electron chi connectivity index (χ0n) is 15.7. The van der Waals surface area contributed by atoms with Crippen LogP contribution in [-0.2, 0) is 4.79 Å². The lowest BCUT2D eigenvalue weighted by atomic mass is 10.1. The predicted molar refractivity (Wildman–Crippen MR) is 107 cm³/mol. The van der Waals surface area contributed by atoms with Crippen LogP contribution in [0, 0.1) is 4.91 Å². The van der Waals surface area contributed by atoms with E-state index in [2.05, 4.69) is 10.6 Å². The molecule has 1 heterocycles. The number of amides is 2. The molecule has 0 saturated heterocycles. The summed E-state index contributed by atoms with van der Waals surface area (Å²) in [4.78, 5) is 35.2. The molecule has 0 atom stereocenters. The first kappa shape index (κ1) is 18.9. The lowest BCUT2D eigenvalue weighted by molar-refractivity contribution is -0.729. The SMILES string of the molecule is CC(=O)Nc1ccc(Oc2cc([N+](=O)O)cc3c2C(=O)Nc2ccccc2O3)cc1. The quantitative estimate of drug-likeness (QED) is 0.546. The van der Waals surface area contributed by atoms with Crippen LogP contribution in [0.15, 0.2) is 60.7 Å². The van der Waals surface area contributed by atoms with E-state index in [1.807, 2.05) is 0 Å². The number of anilines is 2. The van der Waals surface area contributed by atoms with Crippen molar-refractivity contribution in [2.45, 2.75) is 6.92 Å². The van der Waals surface area contributed by atoms with Gasteiger partial charge >= 0.3 is 5.69 Å². The first-order chi connectivity index (χ1) is 14.4. The summed E-state index contributed by atoms with van der Waals surface area (Å²) in [7, 11) is 0. The van der Waals surface area contributed by atoms with Crippen LogP contribution >= 0.6 is 0 Å². The number of para-hydroxylation sites is 2. The summed E-state index contributed by atoms with van der Waals surface area (Å²) < 4.78 is 11.6. The van der Waals surface area contributed by atoms with E-state index in [0.29, 0.717) is 22.9 Å². The maximum Gasteiger partial charge on any atom is 0.324 e. The molecule has 0 fully saturated rings. The summed E-state index contributed by atoms with van der Waals surface area (Å²) in [6, 6.07) is 15.7. The van der Waals surface area contributed by atoms with Crippen LogP contribution in [0.1, 0.15) is 17.3 Å². The van der Waals surface area contributed by atoms with Crippen molar-refractivity contribution in [1.29, 1.82) is 0 Å². The summed E-state index contributed by atoms with van der Waals surface area (Å²) in [5.74, 6) is 0.0659. The third kappa shape index (κ3) is 3.76. The van der Waals surface area contributed by atoms with Crippen molar-refractivity contribution in [3.63, 3.8) is 0 Å². The van der Waals surface area contributed by atoms with Gasteiger partial charge in [0.05, 0.1) is 22.7 Å². The van der Waals surface area contributed by atoms with Gasteiger partial charge in [0.25, 0.3) is 10.8 Å². The average Bonchev–Trinajstić information content (AvgIpc) is 2.84. The third-order valence-corrected chi connectivity index (χ3v) is 4.26. The molecule has 1 aliphatic heterocycles. The molecule has 0 bridgehead atoms. The Kier molecular flexibility index (Phi) is 4.77. The summed E-state index contributed by atoms with van der Waals surface area (Å²) in [6.45, 7) is 1.39. The molecule has 0 unspecified atom stereocenters. The molecule has 0 saturated carbocycles. The molecule has 0 radical (unpaired) electrons. The van der Waals surface area contributed by atoms with E-state index in [1.54, 1.807) is 48.5 Å². The molecule has 2 amide bonds. The maximum absolute atomic E-state index is 12.9. The van der Waals surface area contributed by atoms with Gasteiger partial charge in [-0.1, -0.05) is 12.1 Å². The van der Waals surface area contributed by atoms with Gasteiger partial charge in [0.15, 0.2) is 17.2 Å². The van der Waals surface area contributed by atoms with Crippen LogP contribution < -0.4 is 20.1 Å². The van der Waals surface area contributed by atoms with Crippen molar-refractivity contribution in [1.82, 2.24) is 0 Å². The molecule has 3 aromatic rings. The minimum atomic E-state index is -0.498. The predicted octanol–water partition coefficient (Wildman–Crippen LogP) is 4.59. The van der Waals surface area contributed by atoms with Gasteiger partial charge in [0.1, 0.15) is 11.3 Å². The van der Waals surface area contributed by atoms with Gasteiger partial charge in [-0.2, -0.15) is 0 Å². The smallest absolute Gasteiger partial charge is 0.324 e. The average molecular weight is 406 g/mol. The fraction of sp³-hybridized carbons (Fsp3) is 0.0476. The Morgan fingerprint density at radius 1 is 1.10 bits per heavy atom. The van der Waals surface area contributed by atoms with E-state index in [4.69, 9.17) is 9.47 Å². The standard InChI is InChI=1S/C21H15N3O6/c1-12(25)22-13-6-8-15(9-7-13)29-18-10-14(24(27)28)11-19-20(18)21(26)23-16-4-2-3-5-17(16)30-19/h2-11H,1H3,(H2-,22,23,25,26,27,28)/p+1. The van der Waals surface area contributed by atoms with Crippen molar-refractivity contribution in [3.8, 4) is 23.0 Å². The van der Waals surface area contributed by atoms with Gasteiger partial charge in [0, 0.05) is 12.6 Å². The van der Waals surface area contributed by atoms with E-state index in [9.17, 15) is 19.7 Å². The van der Waals surface area contributed by atoms with Crippen LogP contribution in [0.2, 0.25) is 0 Å². The Morgan fingerprint density at radius 3 is 2.53 bits per heavy atom. The number of benzene rings is 3. The molecular formula is C21H16N3O6+. The second kappa shape index (κ2) is 7.55. The number of carbonyl (C=O) groups is 2. The highest BCUT2D eigenvalue weighted by Crippen LogP contribution is 2.42. The summed E-state index contributed by atoms with van der Waals surface area (Å²) in [5, 5.41) is 14.8. The number of rotatable bonds is 4. The third-order valence-electron chi connectivity index (χ3n) is 4.26. The fourth-order valence-electron chi connectivity index (χ4n) is 2.97. The molecular weight excluding hydrogens is 390 g/mol. The van der Waals surface area contributed by atoms with Crippen LogP contribution in [0.5, 0.6) is 23.0 Å². The molecule has 1 aliphatic rings. The van der Waals surface area contributed by atoms with Gasteiger partial charge < -0.3 is 20.1 Å². The highest BCUT2D eigenvalue weighted by Gasteiger charge is 2.30. The van der Waals surface area contributed by atoms with Crippen LogP contribution in [0.3, 0.4) is 0 Å². The highest BCUT2D eigenvalue weighted by molar-refractivity contribution is 6.10. The monoisotopic (exact) mass is 406 g/mol. The number of carbonyl (C=O) groups excluding carboxylic acids is 2. The number of hydrogen-bond acceptors (Lipinski definition) is 5. The number of nitrogens with zero attached hydrogens (tertiary/aromatic N) is 1. The Morgan fingerprint density at radius 2 is 1.83 bits per heavy atom. The van der Waals surface area contributed by atoms with E-state index in [-0.39, 0.29) is 33.6 Å². The molecule has 0 spiro atoms. The Hall–Kier alpha value is -4.40. The largest absolute Gasteiger partial charge is 0.456 e. The number of hydrogen-bond donors (Lipinski definition) is 3. The molecule has 150 valence electrons. The van der Waals surface area contributed by atoms with E-state index in [0.717, 1.165) is 0 Å². The number of fused-ring (bicyclic) bond motifs is 2. The highest BCUT2D eigenvalue weighted by atomic mass is 16.6. The van der Waals surface area contributed by atoms with Gasteiger partial charge in [-0.3, -0.25) is 9.59 Å². The zero-order valence-corrected chi connectivity index (χ0v) is 15.7. The number of ether oxygens (including phenoxy) is 2. The molecule has 4 rings (SSSR count). The van der Waals surface area contributed by atoms with Gasteiger partial charge in [0.2, 0.25) is 5.91 Å². The van der Waals surface area contributed by atoms with Crippen molar-refractivity contribution < 1.29 is 29.2 Å². The Bertz CT molecular complexity index is 1170. The van der Waals surface area contributed by atoms with Crippen molar-refractivity contribution in [2.24, 2.45) is 0 Å². The molecule has 9 nitrogen and oxygen atoms in total. The lowest BCUT2D eigenvalue weighted by Gasteiger charge is -2.12. The maximum atomic E-state index is 12.9. The summed E-state index contributed by atoms with van der Waals surface area (Å²) in [5.41, 5.74) is 0.905. The first-order valence-corrected chi connectivity index (χ1v) is 8.88. The molecule has 0 aromatic heterocycles. The van der Waals surface area contributed by atoms with E-state index < -0.39 is 5.91 Å². The molecule has 3 aromatic carbocycles. The Labute approximate surface area is 170 Å². The van der Waals surface area contributed by atoms with Crippen LogP contribution in [-0.4, -0.2) is 21.9 Å². The second-order valence-electron chi connectivity index (χ2n) is 6.45. The van der Waals surface area contributed by atoms with Crippen molar-refractivity contribution >= 4 is 28.9 Å². The lowest BCUT2D eigenvalue weighted by Crippen LogP contribution is -2.12. The Balaban J connectivity index is 1.76. The topological polar surface area (TPSA) is 117 Å². The van der Waals surface area contributed by atoms with E-state index in [1.165, 1.54) is 19.1 Å². The molecule has 0 aliphatic carbocycles. The van der Waals surface area contributed by atoms with E-state index >= 15 is 0 Å². The zero-order chi connectivity index (χ0) is 21.3. The normalized spacial score (nSPS) is 11.8. The first-order valence-electron chi connectivity index (χ1n) is 8.88. The van der Waals surface area contributed by atoms with Crippen molar-refractivity contribution in [2.75, 3.05) is 10.6 Å². The van der Waals surface area contributed by atoms with Gasteiger partial charge in [-0.05, 0) is 36.4 Å². The van der Waals surface area contributed by atoms with Crippen LogP contribution in [0.4, 0.5) is 17.1 Å². The number of nitrogens with one attached hydrogen (secondary N) is 2.